The molecule has 2 aromatic carbocycles. The number of hydrogen-bond acceptors (Lipinski definition) is 7. The molecule has 0 bridgehead atoms. The molecule has 1 aliphatic rings. The minimum absolute atomic E-state index is 0.0155. The van der Waals surface area contributed by atoms with Gasteiger partial charge in [0.25, 0.3) is 5.91 Å². The van der Waals surface area contributed by atoms with E-state index in [4.69, 9.17) is 20.7 Å². The minimum Gasteiger partial charge on any atom is -0.467 e. The Balaban J connectivity index is 1.33. The number of nitrogens with two attached hydrogens (primary N) is 1. The Morgan fingerprint density at radius 2 is 1.95 bits per heavy atom. The molecule has 10 nitrogen and oxygen atoms in total. The van der Waals surface area contributed by atoms with Gasteiger partial charge in [0.2, 0.25) is 0 Å². The summed E-state index contributed by atoms with van der Waals surface area (Å²) < 4.78 is 4.88. The van der Waals surface area contributed by atoms with E-state index in [1.165, 1.54) is 7.11 Å². The summed E-state index contributed by atoms with van der Waals surface area (Å²) >= 11 is 0. The first-order chi connectivity index (χ1) is 18.3. The lowest BCUT2D eigenvalue weighted by molar-refractivity contribution is -0.143. The third-order valence-electron chi connectivity index (χ3n) is 6.61. The fourth-order valence-corrected chi connectivity index (χ4v) is 4.59. The Kier molecular flexibility index (Phi) is 8.20. The summed E-state index contributed by atoms with van der Waals surface area (Å²) in [5.74, 6) is -1.16. The van der Waals surface area contributed by atoms with Gasteiger partial charge in [-0.1, -0.05) is 54.5 Å². The first-order valence-electron chi connectivity index (χ1n) is 12.5. The zero-order valence-corrected chi connectivity index (χ0v) is 21.4. The molecule has 4 rings (SSSR count). The summed E-state index contributed by atoms with van der Waals surface area (Å²) in [6, 6.07) is 13.7. The molecule has 38 heavy (non-hydrogen) atoms. The normalized spacial score (nSPS) is 15.4. The maximum Gasteiger partial charge on any atom is 0.328 e. The molecule has 1 aromatic heterocycles. The average Bonchev–Trinajstić information content (AvgIpc) is 3.55. The smallest absolute Gasteiger partial charge is 0.328 e. The second kappa shape index (κ2) is 11.7. The van der Waals surface area contributed by atoms with Gasteiger partial charge in [0, 0.05) is 35.7 Å². The number of nitrogen functional groups attached to an aromatic ring is 1. The molecule has 2 atom stereocenters. The van der Waals surface area contributed by atoms with Crippen molar-refractivity contribution in [2.24, 2.45) is 10.9 Å². The van der Waals surface area contributed by atoms with Crippen molar-refractivity contribution in [1.29, 1.82) is 5.41 Å². The number of amides is 1. The van der Waals surface area contributed by atoms with Crippen LogP contribution in [-0.2, 0) is 25.6 Å². The number of rotatable bonds is 11. The van der Waals surface area contributed by atoms with E-state index >= 15 is 0 Å². The second-order valence-corrected chi connectivity index (χ2v) is 9.17. The summed E-state index contributed by atoms with van der Waals surface area (Å²) in [5.41, 5.74) is 9.75. The standard InChI is InChI=1S/C28H31N5O5/c1-3-20-21-6-4-5-7-22(21)31-25(20)27(35)32-23(28(36)37-2)13-12-18(34)14-19-15-24(33-38-19)16-8-10-17(11-9-16)26(29)30/h4-11,19,23,31H,3,12-15H2,1-2H3,(H3,29,30)(H,32,35). The quantitative estimate of drug-likeness (QED) is 0.174. The minimum atomic E-state index is -0.969. The van der Waals surface area contributed by atoms with Gasteiger partial charge in [0.05, 0.1) is 12.8 Å². The summed E-state index contributed by atoms with van der Waals surface area (Å²) in [6.07, 6.45) is 0.988. The number of H-pyrrole nitrogens is 1. The molecule has 0 saturated heterocycles. The number of ketones is 1. The summed E-state index contributed by atoms with van der Waals surface area (Å²) in [4.78, 5) is 46.8. The first kappa shape index (κ1) is 26.6. The van der Waals surface area contributed by atoms with Crippen LogP contribution in [0.1, 0.15) is 59.8 Å². The molecular formula is C28H31N5O5. The fourth-order valence-electron chi connectivity index (χ4n) is 4.59. The van der Waals surface area contributed by atoms with Gasteiger partial charge < -0.3 is 25.6 Å². The number of ether oxygens (including phenoxy) is 1. The van der Waals surface area contributed by atoms with Crippen LogP contribution in [0.2, 0.25) is 0 Å². The highest BCUT2D eigenvalue weighted by Crippen LogP contribution is 2.24. The maximum atomic E-state index is 13.1. The molecule has 0 radical (unpaired) electrons. The monoisotopic (exact) mass is 517 g/mol. The van der Waals surface area contributed by atoms with E-state index in [0.717, 1.165) is 22.0 Å². The molecule has 1 amide bonds. The molecule has 0 fully saturated rings. The van der Waals surface area contributed by atoms with Gasteiger partial charge in [0.15, 0.2) is 0 Å². The number of methoxy groups -OCH3 is 1. The summed E-state index contributed by atoms with van der Waals surface area (Å²) in [5, 5.41) is 15.3. The van der Waals surface area contributed by atoms with E-state index in [1.54, 1.807) is 12.1 Å². The van der Waals surface area contributed by atoms with Gasteiger partial charge in [0.1, 0.15) is 29.5 Å². The number of Topliss-reactive ketones (excluding diaryl/α,β-unsaturated/α-hetero) is 1. The number of nitrogens with one attached hydrogen (secondary N) is 3. The lowest BCUT2D eigenvalue weighted by atomic mass is 9.99. The fraction of sp³-hybridized carbons (Fsp3) is 0.321. The van der Waals surface area contributed by atoms with Crippen molar-refractivity contribution in [1.82, 2.24) is 10.3 Å². The lowest BCUT2D eigenvalue weighted by Gasteiger charge is -2.16. The summed E-state index contributed by atoms with van der Waals surface area (Å²) in [7, 11) is 1.25. The van der Waals surface area contributed by atoms with Crippen molar-refractivity contribution in [3.05, 3.63) is 70.9 Å². The van der Waals surface area contributed by atoms with Crippen molar-refractivity contribution >= 4 is 40.1 Å². The number of hydrogen-bond donors (Lipinski definition) is 4. The number of esters is 1. The van der Waals surface area contributed by atoms with Crippen LogP contribution in [0, 0.1) is 5.41 Å². The van der Waals surface area contributed by atoms with Crippen LogP contribution in [0.3, 0.4) is 0 Å². The number of fused-ring (bicyclic) bond motifs is 1. The molecule has 3 aromatic rings. The third-order valence-corrected chi connectivity index (χ3v) is 6.61. The molecule has 0 aliphatic carbocycles. The van der Waals surface area contributed by atoms with Gasteiger partial charge in [-0.2, -0.15) is 0 Å². The molecule has 198 valence electrons. The Labute approximate surface area is 220 Å². The predicted octanol–water partition coefficient (Wildman–Crippen LogP) is 3.22. The highest BCUT2D eigenvalue weighted by atomic mass is 16.6. The predicted molar refractivity (Wildman–Crippen MR) is 143 cm³/mol. The number of para-hydroxylation sites is 1. The van der Waals surface area contributed by atoms with Crippen molar-refractivity contribution < 1.29 is 24.0 Å². The van der Waals surface area contributed by atoms with Crippen molar-refractivity contribution in [2.75, 3.05) is 7.11 Å². The van der Waals surface area contributed by atoms with E-state index in [0.29, 0.717) is 29.8 Å². The number of carbonyl (C=O) groups is 3. The Morgan fingerprint density at radius 1 is 1.21 bits per heavy atom. The largest absolute Gasteiger partial charge is 0.467 e. The summed E-state index contributed by atoms with van der Waals surface area (Å²) in [6.45, 7) is 1.96. The van der Waals surface area contributed by atoms with E-state index < -0.39 is 24.0 Å². The number of aromatic amines is 1. The zero-order chi connectivity index (χ0) is 27.2. The highest BCUT2D eigenvalue weighted by Gasteiger charge is 2.28. The molecule has 2 heterocycles. The third kappa shape index (κ3) is 5.91. The number of benzene rings is 2. The van der Waals surface area contributed by atoms with Gasteiger partial charge in [-0.25, -0.2) is 4.79 Å². The molecule has 5 N–H and O–H groups in total. The van der Waals surface area contributed by atoms with Crippen molar-refractivity contribution in [2.45, 2.75) is 51.2 Å². The molecule has 1 aliphatic heterocycles. The number of aromatic nitrogens is 1. The van der Waals surface area contributed by atoms with E-state index in [1.807, 2.05) is 43.3 Å². The first-order valence-corrected chi connectivity index (χ1v) is 12.5. The molecule has 10 heteroatoms. The van der Waals surface area contributed by atoms with Crippen LogP contribution < -0.4 is 11.1 Å². The Hall–Kier alpha value is -4.47. The van der Waals surface area contributed by atoms with E-state index in [9.17, 15) is 14.4 Å². The van der Waals surface area contributed by atoms with Crippen LogP contribution in [0.4, 0.5) is 0 Å². The van der Waals surface area contributed by atoms with Gasteiger partial charge in [-0.3, -0.25) is 15.0 Å². The van der Waals surface area contributed by atoms with Crippen LogP contribution in [0.15, 0.2) is 53.7 Å². The van der Waals surface area contributed by atoms with Crippen LogP contribution in [0.25, 0.3) is 10.9 Å². The second-order valence-electron chi connectivity index (χ2n) is 9.17. The highest BCUT2D eigenvalue weighted by molar-refractivity contribution is 6.03. The molecule has 2 unspecified atom stereocenters. The Morgan fingerprint density at radius 3 is 2.63 bits per heavy atom. The molecule has 0 saturated carbocycles. The van der Waals surface area contributed by atoms with Crippen molar-refractivity contribution in [3.63, 3.8) is 0 Å². The number of oxime groups is 1. The van der Waals surface area contributed by atoms with Crippen LogP contribution >= 0.6 is 0 Å². The van der Waals surface area contributed by atoms with Crippen LogP contribution in [-0.4, -0.2) is 53.4 Å². The van der Waals surface area contributed by atoms with E-state index in [-0.39, 0.29) is 30.9 Å². The number of carbonyl (C=O) groups excluding carboxylic acids is 3. The number of aryl methyl sites for hydroxylation is 1. The Bertz CT molecular complexity index is 1390. The van der Waals surface area contributed by atoms with E-state index in [2.05, 4.69) is 15.5 Å². The topological polar surface area (TPSA) is 160 Å². The number of amidine groups is 1. The zero-order valence-electron chi connectivity index (χ0n) is 21.4. The van der Waals surface area contributed by atoms with Gasteiger partial charge >= 0.3 is 5.97 Å². The molecule has 0 spiro atoms. The number of nitrogens with zero attached hydrogens (tertiary/aromatic N) is 1. The van der Waals surface area contributed by atoms with Gasteiger partial charge in [-0.05, 0) is 30.0 Å². The molecular weight excluding hydrogens is 486 g/mol. The van der Waals surface area contributed by atoms with Gasteiger partial charge in [-0.15, -0.1) is 0 Å². The SMILES string of the molecule is CCc1c(C(=O)NC(CCC(=O)CC2CC(c3ccc(C(=N)N)cc3)=NO2)C(=O)OC)[nH]c2ccccc12. The average molecular weight is 518 g/mol. The van der Waals surface area contributed by atoms with Crippen molar-refractivity contribution in [3.8, 4) is 0 Å². The lowest BCUT2D eigenvalue weighted by Crippen LogP contribution is -2.42. The van der Waals surface area contributed by atoms with Crippen LogP contribution in [0.5, 0.6) is 0 Å². The maximum absolute atomic E-state index is 13.1.